The van der Waals surface area contributed by atoms with Crippen LogP contribution in [0.25, 0.3) is 16.8 Å². The van der Waals surface area contributed by atoms with Crippen LogP contribution in [0, 0.1) is 0 Å². The zero-order valence-electron chi connectivity index (χ0n) is 13.2. The molecule has 3 N–H and O–H groups in total. The first-order valence-corrected chi connectivity index (χ1v) is 8.06. The molecule has 0 aliphatic carbocycles. The van der Waals surface area contributed by atoms with Crippen molar-refractivity contribution in [3.63, 3.8) is 0 Å². The van der Waals surface area contributed by atoms with Crippen molar-refractivity contribution in [3.05, 3.63) is 30.4 Å². The Bertz CT molecular complexity index is 824. The lowest BCUT2D eigenvalue weighted by Gasteiger charge is -2.15. The summed E-state index contributed by atoms with van der Waals surface area (Å²) in [5, 5.41) is 12.1. The lowest BCUT2D eigenvalue weighted by molar-refractivity contribution is 0.595. The molecule has 0 aromatic carbocycles. The normalized spacial score (nSPS) is 19.1. The number of aromatic nitrogens is 5. The second-order valence-corrected chi connectivity index (χ2v) is 6.20. The Balaban J connectivity index is 1.81. The molecule has 4 heterocycles. The molecule has 7 nitrogen and oxygen atoms in total. The number of nitrogens with zero attached hydrogens (tertiary/aromatic N) is 5. The van der Waals surface area contributed by atoms with E-state index in [2.05, 4.69) is 15.5 Å². The van der Waals surface area contributed by atoms with Gasteiger partial charge in [0.15, 0.2) is 5.65 Å². The van der Waals surface area contributed by atoms with Crippen LogP contribution in [0.2, 0.25) is 0 Å². The molecule has 1 unspecified atom stereocenters. The zero-order chi connectivity index (χ0) is 15.8. The van der Waals surface area contributed by atoms with Crippen molar-refractivity contribution >= 4 is 11.5 Å². The molecule has 23 heavy (non-hydrogen) atoms. The van der Waals surface area contributed by atoms with Crippen LogP contribution in [-0.2, 0) is 7.05 Å². The summed E-state index contributed by atoms with van der Waals surface area (Å²) >= 11 is 0. The number of nitrogens with two attached hydrogens (primary N) is 1. The summed E-state index contributed by atoms with van der Waals surface area (Å²) in [7, 11) is 1.90. The standard InChI is InChI=1S/C16H21N7/c1-22-10-12(8-19-22)13-9-20-23-15(17)6-14(21-16(13)23)11-4-2-3-5-18-7-11/h6,8-11,18H,2-5,7,17H2,1H3. The topological polar surface area (TPSA) is 86.1 Å². The Morgan fingerprint density at radius 3 is 3.00 bits per heavy atom. The molecule has 4 rings (SSSR count). The van der Waals surface area contributed by atoms with E-state index >= 15 is 0 Å². The first-order valence-electron chi connectivity index (χ1n) is 8.06. The number of fused-ring (bicyclic) bond motifs is 1. The predicted octanol–water partition coefficient (Wildman–Crippen LogP) is 1.57. The van der Waals surface area contributed by atoms with Gasteiger partial charge in [-0.2, -0.15) is 14.7 Å². The van der Waals surface area contributed by atoms with Crippen molar-refractivity contribution in [1.29, 1.82) is 0 Å². The highest BCUT2D eigenvalue weighted by atomic mass is 15.3. The Morgan fingerprint density at radius 2 is 2.17 bits per heavy atom. The third-order valence-electron chi connectivity index (χ3n) is 4.50. The predicted molar refractivity (Wildman–Crippen MR) is 89.1 cm³/mol. The van der Waals surface area contributed by atoms with Crippen molar-refractivity contribution in [3.8, 4) is 11.1 Å². The molecule has 1 fully saturated rings. The summed E-state index contributed by atoms with van der Waals surface area (Å²) in [4.78, 5) is 4.89. The van der Waals surface area contributed by atoms with Crippen molar-refractivity contribution < 1.29 is 0 Å². The maximum atomic E-state index is 6.22. The molecule has 120 valence electrons. The van der Waals surface area contributed by atoms with Crippen LogP contribution in [0.15, 0.2) is 24.7 Å². The molecule has 0 bridgehead atoms. The summed E-state index contributed by atoms with van der Waals surface area (Å²) in [5.74, 6) is 1.03. The Hall–Kier alpha value is -2.41. The van der Waals surface area contributed by atoms with E-state index in [1.807, 2.05) is 31.7 Å². The molecule has 3 aromatic rings. The first-order chi connectivity index (χ1) is 11.2. The van der Waals surface area contributed by atoms with E-state index in [1.165, 1.54) is 12.8 Å². The van der Waals surface area contributed by atoms with E-state index in [9.17, 15) is 0 Å². The number of nitrogens with one attached hydrogen (secondary N) is 1. The molecule has 1 saturated heterocycles. The maximum Gasteiger partial charge on any atom is 0.165 e. The molecule has 3 aromatic heterocycles. The van der Waals surface area contributed by atoms with E-state index in [-0.39, 0.29) is 0 Å². The molecule has 1 aliphatic heterocycles. The third-order valence-corrected chi connectivity index (χ3v) is 4.50. The fourth-order valence-electron chi connectivity index (χ4n) is 3.25. The lowest BCUT2D eigenvalue weighted by Crippen LogP contribution is -2.20. The van der Waals surface area contributed by atoms with Crippen LogP contribution in [0.3, 0.4) is 0 Å². The second kappa shape index (κ2) is 5.66. The van der Waals surface area contributed by atoms with Crippen LogP contribution in [0.1, 0.15) is 30.9 Å². The Labute approximate surface area is 134 Å². The molecular formula is C16H21N7. The minimum absolute atomic E-state index is 0.404. The lowest BCUT2D eigenvalue weighted by atomic mass is 9.99. The van der Waals surface area contributed by atoms with Crippen molar-refractivity contribution in [2.24, 2.45) is 7.05 Å². The summed E-state index contributed by atoms with van der Waals surface area (Å²) in [6.45, 7) is 2.04. The van der Waals surface area contributed by atoms with Gasteiger partial charge in [-0.15, -0.1) is 0 Å². The van der Waals surface area contributed by atoms with E-state index in [0.717, 1.165) is 42.0 Å². The van der Waals surface area contributed by atoms with E-state index in [4.69, 9.17) is 10.7 Å². The van der Waals surface area contributed by atoms with Crippen LogP contribution < -0.4 is 11.1 Å². The van der Waals surface area contributed by atoms with Crippen LogP contribution in [0.5, 0.6) is 0 Å². The first kappa shape index (κ1) is 14.2. The molecular weight excluding hydrogens is 290 g/mol. The molecule has 0 amide bonds. The molecule has 0 saturated carbocycles. The number of rotatable bonds is 2. The Morgan fingerprint density at radius 1 is 1.26 bits per heavy atom. The van der Waals surface area contributed by atoms with Crippen molar-refractivity contribution in [1.82, 2.24) is 29.7 Å². The fraction of sp³-hybridized carbons (Fsp3) is 0.438. The number of aryl methyl sites for hydroxylation is 1. The molecule has 0 radical (unpaired) electrons. The second-order valence-electron chi connectivity index (χ2n) is 6.20. The van der Waals surface area contributed by atoms with Gasteiger partial charge in [-0.25, -0.2) is 4.98 Å². The van der Waals surface area contributed by atoms with Gasteiger partial charge in [0.1, 0.15) is 5.82 Å². The largest absolute Gasteiger partial charge is 0.384 e. The smallest absolute Gasteiger partial charge is 0.165 e. The quantitative estimate of drug-likeness (QED) is 0.750. The minimum Gasteiger partial charge on any atom is -0.384 e. The Kier molecular flexibility index (Phi) is 3.49. The van der Waals surface area contributed by atoms with Gasteiger partial charge in [0, 0.05) is 42.9 Å². The van der Waals surface area contributed by atoms with Gasteiger partial charge in [0.25, 0.3) is 0 Å². The highest BCUT2D eigenvalue weighted by Gasteiger charge is 2.19. The van der Waals surface area contributed by atoms with Crippen LogP contribution in [-0.4, -0.2) is 37.5 Å². The highest BCUT2D eigenvalue weighted by molar-refractivity contribution is 5.77. The van der Waals surface area contributed by atoms with Gasteiger partial charge in [-0.1, -0.05) is 6.42 Å². The van der Waals surface area contributed by atoms with E-state index in [1.54, 1.807) is 9.20 Å². The van der Waals surface area contributed by atoms with E-state index in [0.29, 0.717) is 11.7 Å². The number of anilines is 1. The summed E-state index contributed by atoms with van der Waals surface area (Å²) in [5.41, 5.74) is 10.0. The molecule has 1 atom stereocenters. The summed E-state index contributed by atoms with van der Waals surface area (Å²) < 4.78 is 3.48. The highest BCUT2D eigenvalue weighted by Crippen LogP contribution is 2.28. The number of nitrogen functional groups attached to an aromatic ring is 1. The monoisotopic (exact) mass is 311 g/mol. The van der Waals surface area contributed by atoms with Crippen molar-refractivity contribution in [2.75, 3.05) is 18.8 Å². The molecule has 0 spiro atoms. The van der Waals surface area contributed by atoms with Crippen LogP contribution in [0.4, 0.5) is 5.82 Å². The minimum atomic E-state index is 0.404. The summed E-state index contributed by atoms with van der Waals surface area (Å²) in [6, 6.07) is 1.96. The average Bonchev–Trinajstić information content (AvgIpc) is 3.04. The zero-order valence-corrected chi connectivity index (χ0v) is 13.2. The van der Waals surface area contributed by atoms with Gasteiger partial charge >= 0.3 is 0 Å². The van der Waals surface area contributed by atoms with Crippen LogP contribution >= 0.6 is 0 Å². The maximum absolute atomic E-state index is 6.22. The van der Waals surface area contributed by atoms with Gasteiger partial charge in [0.2, 0.25) is 0 Å². The fourth-order valence-corrected chi connectivity index (χ4v) is 3.25. The summed E-state index contributed by atoms with van der Waals surface area (Å²) in [6.07, 6.45) is 9.20. The van der Waals surface area contributed by atoms with Gasteiger partial charge in [-0.05, 0) is 19.4 Å². The SMILES string of the molecule is Cn1cc(-c2cnn3c(N)cc(C4CCCCNC4)nc23)cn1. The van der Waals surface area contributed by atoms with E-state index < -0.39 is 0 Å². The van der Waals surface area contributed by atoms with Crippen molar-refractivity contribution in [2.45, 2.75) is 25.2 Å². The van der Waals surface area contributed by atoms with Gasteiger partial charge < -0.3 is 11.1 Å². The van der Waals surface area contributed by atoms with Gasteiger partial charge in [-0.3, -0.25) is 4.68 Å². The third kappa shape index (κ3) is 2.57. The average molecular weight is 311 g/mol. The molecule has 7 heteroatoms. The number of hydrogen-bond acceptors (Lipinski definition) is 5. The molecule has 1 aliphatic rings. The van der Waals surface area contributed by atoms with Gasteiger partial charge in [0.05, 0.1) is 18.1 Å². The number of hydrogen-bond donors (Lipinski definition) is 2.